The van der Waals surface area contributed by atoms with Crippen molar-refractivity contribution >= 4 is 39.7 Å². The van der Waals surface area contributed by atoms with Crippen LogP contribution in [0.5, 0.6) is 0 Å². The van der Waals surface area contributed by atoms with Gasteiger partial charge < -0.3 is 8.82 Å². The molecule has 0 N–H and O–H groups in total. The van der Waals surface area contributed by atoms with Crippen LogP contribution in [0, 0.1) is 0 Å². The average Bonchev–Trinajstić information content (AvgIpc) is 3.32. The number of rotatable bonds is 4. The molecule has 0 aliphatic heterocycles. The number of thioether (sulfide) groups is 1. The van der Waals surface area contributed by atoms with Crippen molar-refractivity contribution in [1.29, 1.82) is 0 Å². The lowest BCUT2D eigenvalue weighted by molar-refractivity contribution is 0.563. The van der Waals surface area contributed by atoms with Gasteiger partial charge in [-0.3, -0.25) is 0 Å². The molecule has 0 bridgehead atoms. The molecule has 5 nitrogen and oxygen atoms in total. The molecule has 4 heterocycles. The molecule has 7 heteroatoms. The average molecular weight is 391 g/mol. The predicted octanol–water partition coefficient (Wildman–Crippen LogP) is 4.86. The number of pyridine rings is 1. The molecule has 0 amide bonds. The fourth-order valence-corrected chi connectivity index (χ4v) is 4.59. The summed E-state index contributed by atoms with van der Waals surface area (Å²) in [6.45, 7) is 0. The molecule has 0 unspecified atom stereocenters. The highest BCUT2D eigenvalue weighted by molar-refractivity contribution is 8.00. The Morgan fingerprint density at radius 2 is 2.00 bits per heavy atom. The standard InChI is InChI=1S/C20H13N3O2S2/c24-19-15(9-13-5-1-2-6-17(13)25-19)16-12-27-20(22-16)26-11-14-10-23-8-4-3-7-18(23)21-14/h1-10,12H,11H2. The first-order valence-electron chi connectivity index (χ1n) is 8.30. The molecular weight excluding hydrogens is 378 g/mol. The van der Waals surface area contributed by atoms with Gasteiger partial charge >= 0.3 is 5.63 Å². The van der Waals surface area contributed by atoms with Gasteiger partial charge in [0, 0.05) is 28.9 Å². The van der Waals surface area contributed by atoms with Gasteiger partial charge in [0.05, 0.1) is 17.0 Å². The largest absolute Gasteiger partial charge is 0.422 e. The number of fused-ring (bicyclic) bond motifs is 2. The summed E-state index contributed by atoms with van der Waals surface area (Å²) in [6, 6.07) is 15.3. The molecule has 4 aromatic heterocycles. The second kappa shape index (κ2) is 6.68. The van der Waals surface area contributed by atoms with Crippen molar-refractivity contribution in [2.45, 2.75) is 10.1 Å². The second-order valence-electron chi connectivity index (χ2n) is 5.97. The molecule has 27 heavy (non-hydrogen) atoms. The number of nitrogens with zero attached hydrogens (tertiary/aromatic N) is 3. The minimum atomic E-state index is -0.365. The molecule has 0 atom stereocenters. The van der Waals surface area contributed by atoms with Gasteiger partial charge in [-0.2, -0.15) is 0 Å². The number of para-hydroxylation sites is 1. The molecule has 132 valence electrons. The molecule has 5 aromatic rings. The van der Waals surface area contributed by atoms with E-state index in [4.69, 9.17) is 4.42 Å². The van der Waals surface area contributed by atoms with Gasteiger partial charge in [0.15, 0.2) is 4.34 Å². The minimum Gasteiger partial charge on any atom is -0.422 e. The van der Waals surface area contributed by atoms with E-state index in [1.165, 1.54) is 11.3 Å². The van der Waals surface area contributed by atoms with E-state index in [9.17, 15) is 4.79 Å². The van der Waals surface area contributed by atoms with Crippen LogP contribution in [-0.4, -0.2) is 14.4 Å². The summed E-state index contributed by atoms with van der Waals surface area (Å²) >= 11 is 3.13. The van der Waals surface area contributed by atoms with Crippen LogP contribution in [-0.2, 0) is 5.75 Å². The number of imidazole rings is 1. The number of hydrogen-bond acceptors (Lipinski definition) is 6. The number of thiazole rings is 1. The van der Waals surface area contributed by atoms with Gasteiger partial charge in [0.25, 0.3) is 0 Å². The maximum atomic E-state index is 12.3. The van der Waals surface area contributed by atoms with E-state index in [0.717, 1.165) is 26.8 Å². The van der Waals surface area contributed by atoms with E-state index in [0.29, 0.717) is 16.8 Å². The predicted molar refractivity (Wildman–Crippen MR) is 108 cm³/mol. The Morgan fingerprint density at radius 1 is 1.11 bits per heavy atom. The van der Waals surface area contributed by atoms with E-state index >= 15 is 0 Å². The van der Waals surface area contributed by atoms with Crippen LogP contribution in [0.15, 0.2) is 79.9 Å². The van der Waals surface area contributed by atoms with Crippen LogP contribution >= 0.6 is 23.1 Å². The van der Waals surface area contributed by atoms with Gasteiger partial charge in [0.1, 0.15) is 11.2 Å². The summed E-state index contributed by atoms with van der Waals surface area (Å²) in [7, 11) is 0. The van der Waals surface area contributed by atoms with Gasteiger partial charge in [-0.05, 0) is 24.3 Å². The Hall–Kier alpha value is -2.90. The highest BCUT2D eigenvalue weighted by atomic mass is 32.2. The fraction of sp³-hybridized carbons (Fsp3) is 0.0500. The third kappa shape index (κ3) is 3.15. The van der Waals surface area contributed by atoms with E-state index in [-0.39, 0.29) is 5.63 Å². The fourth-order valence-electron chi connectivity index (χ4n) is 2.88. The van der Waals surface area contributed by atoms with Crippen molar-refractivity contribution in [3.63, 3.8) is 0 Å². The lowest BCUT2D eigenvalue weighted by Gasteiger charge is -1.99. The van der Waals surface area contributed by atoms with Crippen LogP contribution in [0.3, 0.4) is 0 Å². The summed E-state index contributed by atoms with van der Waals surface area (Å²) in [6.07, 6.45) is 4.01. The summed E-state index contributed by atoms with van der Waals surface area (Å²) in [5.74, 6) is 0.723. The van der Waals surface area contributed by atoms with Crippen molar-refractivity contribution in [2.24, 2.45) is 0 Å². The molecule has 0 saturated heterocycles. The van der Waals surface area contributed by atoms with Crippen LogP contribution in [0.2, 0.25) is 0 Å². The monoisotopic (exact) mass is 391 g/mol. The van der Waals surface area contributed by atoms with E-state index in [1.807, 2.05) is 64.6 Å². The van der Waals surface area contributed by atoms with Crippen LogP contribution in [0.1, 0.15) is 5.69 Å². The van der Waals surface area contributed by atoms with Gasteiger partial charge in [0.2, 0.25) is 0 Å². The number of hydrogen-bond donors (Lipinski definition) is 0. The number of aromatic nitrogens is 3. The maximum Gasteiger partial charge on any atom is 0.345 e. The molecule has 0 aliphatic carbocycles. The van der Waals surface area contributed by atoms with E-state index in [1.54, 1.807) is 17.8 Å². The quantitative estimate of drug-likeness (QED) is 0.323. The van der Waals surface area contributed by atoms with Crippen molar-refractivity contribution < 1.29 is 4.42 Å². The zero-order chi connectivity index (χ0) is 18.2. The van der Waals surface area contributed by atoms with Crippen molar-refractivity contribution in [3.05, 3.63) is 82.4 Å². The Labute approximate surface area is 162 Å². The van der Waals surface area contributed by atoms with Crippen LogP contribution in [0.25, 0.3) is 27.9 Å². The molecule has 1 aromatic carbocycles. The van der Waals surface area contributed by atoms with Gasteiger partial charge in [-0.15, -0.1) is 11.3 Å². The Morgan fingerprint density at radius 3 is 2.93 bits per heavy atom. The molecular formula is C20H13N3O2S2. The zero-order valence-corrected chi connectivity index (χ0v) is 15.7. The third-order valence-corrected chi connectivity index (χ3v) is 6.21. The highest BCUT2D eigenvalue weighted by Gasteiger charge is 2.12. The second-order valence-corrected chi connectivity index (χ2v) is 8.05. The number of benzene rings is 1. The molecule has 0 saturated carbocycles. The van der Waals surface area contributed by atoms with Crippen LogP contribution < -0.4 is 5.63 Å². The third-order valence-electron chi connectivity index (χ3n) is 4.16. The molecule has 0 radical (unpaired) electrons. The zero-order valence-electron chi connectivity index (χ0n) is 14.0. The molecule has 5 rings (SSSR count). The van der Waals surface area contributed by atoms with Gasteiger partial charge in [-0.1, -0.05) is 36.0 Å². The van der Waals surface area contributed by atoms with Gasteiger partial charge in [-0.25, -0.2) is 14.8 Å². The topological polar surface area (TPSA) is 60.4 Å². The summed E-state index contributed by atoms with van der Waals surface area (Å²) in [5, 5.41) is 2.78. The lowest BCUT2D eigenvalue weighted by Crippen LogP contribution is -2.02. The minimum absolute atomic E-state index is 0.365. The highest BCUT2D eigenvalue weighted by Crippen LogP contribution is 2.30. The first-order valence-corrected chi connectivity index (χ1v) is 10.2. The smallest absolute Gasteiger partial charge is 0.345 e. The molecule has 0 aliphatic rings. The Bertz CT molecular complexity index is 1290. The SMILES string of the molecule is O=c1oc2ccccc2cc1-c1csc(SCc2cn3ccccc3n2)n1. The normalized spacial score (nSPS) is 11.4. The summed E-state index contributed by atoms with van der Waals surface area (Å²) < 4.78 is 8.31. The Balaban J connectivity index is 1.39. The van der Waals surface area contributed by atoms with E-state index in [2.05, 4.69) is 9.97 Å². The van der Waals surface area contributed by atoms with Crippen molar-refractivity contribution in [2.75, 3.05) is 0 Å². The maximum absolute atomic E-state index is 12.3. The lowest BCUT2D eigenvalue weighted by atomic mass is 10.1. The first-order chi connectivity index (χ1) is 13.3. The molecule has 0 spiro atoms. The van der Waals surface area contributed by atoms with Crippen LogP contribution in [0.4, 0.5) is 0 Å². The Kier molecular flexibility index (Phi) is 4.03. The summed E-state index contributed by atoms with van der Waals surface area (Å²) in [4.78, 5) is 21.5. The first kappa shape index (κ1) is 16.3. The van der Waals surface area contributed by atoms with Crippen molar-refractivity contribution in [3.8, 4) is 11.3 Å². The van der Waals surface area contributed by atoms with E-state index < -0.39 is 0 Å². The van der Waals surface area contributed by atoms with Crippen molar-refractivity contribution in [1.82, 2.24) is 14.4 Å². The molecule has 0 fully saturated rings. The summed E-state index contributed by atoms with van der Waals surface area (Å²) in [5.41, 5.74) is 3.29.